The molecular formula is C19H22ClN6O8P. The van der Waals surface area contributed by atoms with Gasteiger partial charge in [0.15, 0.2) is 0 Å². The van der Waals surface area contributed by atoms with E-state index in [2.05, 4.69) is 24.8 Å². The molecule has 14 nitrogen and oxygen atoms in total. The quantitative estimate of drug-likeness (QED) is 0.153. The van der Waals surface area contributed by atoms with Crippen molar-refractivity contribution in [1.29, 1.82) is 0 Å². The first-order valence-electron chi connectivity index (χ1n) is 10.2. The first kappa shape index (κ1) is 26.5. The predicted molar refractivity (Wildman–Crippen MR) is 123 cm³/mol. The SMILES string of the molecule is COC(=O)CNP(=O)(OC[C@H]1O[C@@H](n2cc(C)c(=O)[nH]c2=O)C[C@@H]1N=[N+]=[N-])Oc1ccc(Cl)cc1. The lowest BCUT2D eigenvalue weighted by atomic mass is 10.1. The standard InChI is InChI=1S/C19H22ClN6O8P/c1-11-9-26(19(29)23-18(11)28)16-7-14(24-25-21)15(33-16)10-32-35(30,22-8-17(27)31-2)34-13-5-3-12(20)4-6-13/h3-6,9,14-16H,7-8,10H2,1-2H3,(H,22,30)(H,23,28,29)/t14-,15+,16+,35?/m0/s1. The Morgan fingerprint density at radius 1 is 1.40 bits per heavy atom. The van der Waals surface area contributed by atoms with E-state index in [0.29, 0.717) is 5.02 Å². The van der Waals surface area contributed by atoms with Crippen LogP contribution >= 0.6 is 19.3 Å². The smallest absolute Gasteiger partial charge is 0.459 e. The van der Waals surface area contributed by atoms with Gasteiger partial charge in [-0.25, -0.2) is 14.4 Å². The van der Waals surface area contributed by atoms with Crippen LogP contribution in [0.5, 0.6) is 5.75 Å². The van der Waals surface area contributed by atoms with Crippen LogP contribution in [0.4, 0.5) is 0 Å². The van der Waals surface area contributed by atoms with Gasteiger partial charge < -0.3 is 14.0 Å². The van der Waals surface area contributed by atoms with Crippen molar-refractivity contribution >= 4 is 25.3 Å². The minimum absolute atomic E-state index is 0.0847. The summed E-state index contributed by atoms with van der Waals surface area (Å²) in [6, 6.07) is 5.12. The average molecular weight is 529 g/mol. The first-order valence-corrected chi connectivity index (χ1v) is 12.1. The van der Waals surface area contributed by atoms with E-state index in [1.807, 2.05) is 0 Å². The Bertz CT molecular complexity index is 1280. The number of azide groups is 1. The Kier molecular flexibility index (Phi) is 8.73. The fourth-order valence-corrected chi connectivity index (χ4v) is 4.57. The number of aromatic nitrogens is 2. The highest BCUT2D eigenvalue weighted by Crippen LogP contribution is 2.45. The highest BCUT2D eigenvalue weighted by atomic mass is 35.5. The molecule has 0 saturated carbocycles. The molecule has 4 atom stereocenters. The maximum Gasteiger partial charge on any atom is 0.459 e. The molecule has 1 saturated heterocycles. The van der Waals surface area contributed by atoms with E-state index in [1.54, 1.807) is 0 Å². The molecule has 2 N–H and O–H groups in total. The summed E-state index contributed by atoms with van der Waals surface area (Å²) in [6.45, 7) is 0.643. The molecule has 3 rings (SSSR count). The van der Waals surface area contributed by atoms with Crippen molar-refractivity contribution in [1.82, 2.24) is 14.6 Å². The fraction of sp³-hybridized carbons (Fsp3) is 0.421. The number of hydrogen-bond acceptors (Lipinski definition) is 9. The molecule has 2 heterocycles. The number of benzene rings is 1. The van der Waals surface area contributed by atoms with E-state index < -0.39 is 56.5 Å². The maximum atomic E-state index is 13.3. The van der Waals surface area contributed by atoms with E-state index in [9.17, 15) is 18.9 Å². The second kappa shape index (κ2) is 11.5. The van der Waals surface area contributed by atoms with Gasteiger partial charge in [-0.05, 0) is 36.7 Å². The van der Waals surface area contributed by atoms with Crippen molar-refractivity contribution in [3.05, 3.63) is 72.3 Å². The van der Waals surface area contributed by atoms with Gasteiger partial charge in [0, 0.05) is 28.1 Å². The number of halogens is 1. The number of H-pyrrole nitrogens is 1. The number of methoxy groups -OCH3 is 1. The number of esters is 1. The normalized spacial score (nSPS) is 21.1. The van der Waals surface area contributed by atoms with Crippen molar-refractivity contribution in [3.8, 4) is 5.75 Å². The second-order valence-electron chi connectivity index (χ2n) is 7.37. The van der Waals surface area contributed by atoms with Crippen LogP contribution in [0.2, 0.25) is 5.02 Å². The van der Waals surface area contributed by atoms with Crippen LogP contribution in [0.3, 0.4) is 0 Å². The molecule has 0 aliphatic carbocycles. The van der Waals surface area contributed by atoms with Gasteiger partial charge in [-0.15, -0.1) is 0 Å². The molecule has 0 radical (unpaired) electrons. The van der Waals surface area contributed by atoms with Gasteiger partial charge in [-0.1, -0.05) is 16.7 Å². The molecule has 1 aromatic heterocycles. The molecule has 1 aromatic carbocycles. The van der Waals surface area contributed by atoms with Crippen LogP contribution in [0.25, 0.3) is 10.4 Å². The monoisotopic (exact) mass is 528 g/mol. The minimum Gasteiger partial charge on any atom is -0.468 e. The molecule has 0 spiro atoms. The largest absolute Gasteiger partial charge is 0.468 e. The molecular weight excluding hydrogens is 507 g/mol. The van der Waals surface area contributed by atoms with Crippen molar-refractivity contribution < 1.29 is 27.9 Å². The lowest BCUT2D eigenvalue weighted by Gasteiger charge is -2.22. The summed E-state index contributed by atoms with van der Waals surface area (Å²) in [5.41, 5.74) is 7.99. The van der Waals surface area contributed by atoms with Crippen LogP contribution in [-0.2, 0) is 23.4 Å². The molecule has 1 fully saturated rings. The maximum absolute atomic E-state index is 13.3. The van der Waals surface area contributed by atoms with Crippen LogP contribution in [0.1, 0.15) is 18.2 Å². The van der Waals surface area contributed by atoms with Crippen molar-refractivity contribution in [3.63, 3.8) is 0 Å². The summed E-state index contributed by atoms with van der Waals surface area (Å²) in [4.78, 5) is 40.4. The van der Waals surface area contributed by atoms with E-state index in [4.69, 9.17) is 30.9 Å². The number of rotatable bonds is 10. The summed E-state index contributed by atoms with van der Waals surface area (Å²) >= 11 is 5.86. The highest BCUT2D eigenvalue weighted by molar-refractivity contribution is 7.52. The van der Waals surface area contributed by atoms with Gasteiger partial charge in [-0.3, -0.25) is 23.7 Å². The number of nitrogens with one attached hydrogen (secondary N) is 2. The topological polar surface area (TPSA) is 187 Å². The van der Waals surface area contributed by atoms with Crippen molar-refractivity contribution in [2.24, 2.45) is 5.11 Å². The number of carbonyl (C=O) groups excluding carboxylic acids is 1. The van der Waals surface area contributed by atoms with Gasteiger partial charge in [-0.2, -0.15) is 0 Å². The van der Waals surface area contributed by atoms with Gasteiger partial charge in [0.25, 0.3) is 5.56 Å². The molecule has 0 bridgehead atoms. The molecule has 2 aromatic rings. The second-order valence-corrected chi connectivity index (χ2v) is 9.55. The molecule has 35 heavy (non-hydrogen) atoms. The lowest BCUT2D eigenvalue weighted by molar-refractivity contribution is -0.139. The third-order valence-corrected chi connectivity index (χ3v) is 6.69. The fourth-order valence-electron chi connectivity index (χ4n) is 3.17. The summed E-state index contributed by atoms with van der Waals surface area (Å²) in [5, 5.41) is 6.50. The van der Waals surface area contributed by atoms with E-state index in [0.717, 1.165) is 11.7 Å². The Labute approximate surface area is 203 Å². The van der Waals surface area contributed by atoms with Gasteiger partial charge in [0.1, 0.15) is 18.5 Å². The average Bonchev–Trinajstić information content (AvgIpc) is 3.23. The van der Waals surface area contributed by atoms with E-state index in [-0.39, 0.29) is 17.7 Å². The number of aromatic amines is 1. The van der Waals surface area contributed by atoms with Crippen molar-refractivity contribution in [2.45, 2.75) is 31.7 Å². The summed E-state index contributed by atoms with van der Waals surface area (Å²) in [7, 11) is -3.00. The number of hydrogen-bond donors (Lipinski definition) is 2. The zero-order valence-electron chi connectivity index (χ0n) is 18.6. The molecule has 1 aliphatic heterocycles. The van der Waals surface area contributed by atoms with Crippen LogP contribution in [0, 0.1) is 6.92 Å². The molecule has 0 amide bonds. The number of nitrogens with zero attached hydrogens (tertiary/aromatic N) is 4. The number of ether oxygens (including phenoxy) is 2. The lowest BCUT2D eigenvalue weighted by Crippen LogP contribution is -2.33. The molecule has 188 valence electrons. The Balaban J connectivity index is 1.79. The Hall–Kier alpha value is -3.12. The highest BCUT2D eigenvalue weighted by Gasteiger charge is 2.39. The van der Waals surface area contributed by atoms with Crippen LogP contribution < -0.4 is 20.9 Å². The molecule has 1 unspecified atom stereocenters. The zero-order valence-corrected chi connectivity index (χ0v) is 20.3. The Morgan fingerprint density at radius 2 is 2.11 bits per heavy atom. The van der Waals surface area contributed by atoms with Crippen molar-refractivity contribution in [2.75, 3.05) is 20.3 Å². The van der Waals surface area contributed by atoms with Gasteiger partial charge in [0.2, 0.25) is 0 Å². The number of carbonyl (C=O) groups is 1. The van der Waals surface area contributed by atoms with Gasteiger partial charge in [0.05, 0.1) is 25.9 Å². The summed E-state index contributed by atoms with van der Waals surface area (Å²) in [6.07, 6.45) is -0.408. The van der Waals surface area contributed by atoms with Gasteiger partial charge >= 0.3 is 19.4 Å². The molecule has 16 heteroatoms. The summed E-state index contributed by atoms with van der Waals surface area (Å²) < 4.78 is 35.9. The summed E-state index contributed by atoms with van der Waals surface area (Å²) in [5.74, 6) is -0.576. The van der Waals surface area contributed by atoms with Crippen LogP contribution in [0.15, 0.2) is 45.2 Å². The Morgan fingerprint density at radius 3 is 2.77 bits per heavy atom. The van der Waals surface area contributed by atoms with Crippen LogP contribution in [-0.4, -0.2) is 47.9 Å². The van der Waals surface area contributed by atoms with E-state index >= 15 is 0 Å². The van der Waals surface area contributed by atoms with E-state index in [1.165, 1.54) is 37.4 Å². The third kappa shape index (κ3) is 6.95. The third-order valence-electron chi connectivity index (χ3n) is 4.95. The predicted octanol–water partition coefficient (Wildman–Crippen LogP) is 2.43. The first-order chi connectivity index (χ1) is 16.6. The number of aryl methyl sites for hydroxylation is 1. The molecule has 1 aliphatic rings. The minimum atomic E-state index is -4.16. The zero-order chi connectivity index (χ0) is 25.6.